The molecule has 0 atom stereocenters. The first-order chi connectivity index (χ1) is 12.9. The van der Waals surface area contributed by atoms with Crippen molar-refractivity contribution in [2.75, 3.05) is 16.7 Å². The van der Waals surface area contributed by atoms with Gasteiger partial charge < -0.3 is 10.6 Å². The number of carbonyl (C=O) groups is 1. The Morgan fingerprint density at radius 2 is 1.48 bits per heavy atom. The highest BCUT2D eigenvalue weighted by atomic mass is 32.2. The molecule has 0 aliphatic rings. The van der Waals surface area contributed by atoms with E-state index >= 15 is 0 Å². The number of primary amides is 1. The average molecular weight is 381 g/mol. The van der Waals surface area contributed by atoms with E-state index in [4.69, 9.17) is 5.73 Å². The van der Waals surface area contributed by atoms with Gasteiger partial charge in [0.05, 0.1) is 16.3 Å². The first-order valence-electron chi connectivity index (χ1n) is 8.19. The van der Waals surface area contributed by atoms with Crippen LogP contribution in [-0.4, -0.2) is 21.4 Å². The third-order valence-corrected chi connectivity index (χ3v) is 5.48. The molecule has 27 heavy (non-hydrogen) atoms. The molecule has 1 amide bonds. The Morgan fingerprint density at radius 1 is 0.889 bits per heavy atom. The number of hydrogen-bond donors (Lipinski definition) is 2. The van der Waals surface area contributed by atoms with Gasteiger partial charge in [0, 0.05) is 18.3 Å². The van der Waals surface area contributed by atoms with E-state index in [9.17, 15) is 13.2 Å². The number of anilines is 3. The van der Waals surface area contributed by atoms with E-state index < -0.39 is 15.9 Å². The number of amides is 1. The Bertz CT molecular complexity index is 1050. The zero-order valence-electron chi connectivity index (χ0n) is 14.7. The Hall–Kier alpha value is -3.32. The van der Waals surface area contributed by atoms with E-state index in [2.05, 4.69) is 4.72 Å². The van der Waals surface area contributed by atoms with Crippen LogP contribution in [0, 0.1) is 0 Å². The fourth-order valence-electron chi connectivity index (χ4n) is 2.65. The smallest absolute Gasteiger partial charge is 0.261 e. The molecule has 0 aliphatic heterocycles. The van der Waals surface area contributed by atoms with Gasteiger partial charge >= 0.3 is 0 Å². The first-order valence-corrected chi connectivity index (χ1v) is 9.67. The van der Waals surface area contributed by atoms with E-state index in [1.165, 1.54) is 24.3 Å². The molecule has 138 valence electrons. The number of nitrogens with two attached hydrogens (primary N) is 1. The SMILES string of the molecule is CN(c1ccccc1)c1ccccc1NS(=O)(=O)c1ccc(C(N)=O)cc1. The van der Waals surface area contributed by atoms with E-state index in [-0.39, 0.29) is 10.5 Å². The maximum atomic E-state index is 12.7. The summed E-state index contributed by atoms with van der Waals surface area (Å²) in [4.78, 5) is 13.1. The molecule has 3 aromatic carbocycles. The summed E-state index contributed by atoms with van der Waals surface area (Å²) in [7, 11) is -1.96. The zero-order chi connectivity index (χ0) is 19.4. The second-order valence-corrected chi connectivity index (χ2v) is 7.59. The highest BCUT2D eigenvalue weighted by molar-refractivity contribution is 7.92. The van der Waals surface area contributed by atoms with E-state index in [1.807, 2.05) is 54.4 Å². The van der Waals surface area contributed by atoms with E-state index in [0.29, 0.717) is 11.4 Å². The van der Waals surface area contributed by atoms with Gasteiger partial charge in [0.25, 0.3) is 10.0 Å². The number of benzene rings is 3. The zero-order valence-corrected chi connectivity index (χ0v) is 15.5. The van der Waals surface area contributed by atoms with Crippen LogP contribution in [0.4, 0.5) is 17.1 Å². The van der Waals surface area contributed by atoms with Crippen molar-refractivity contribution >= 4 is 33.0 Å². The summed E-state index contributed by atoms with van der Waals surface area (Å²) in [5.74, 6) is -0.610. The number of para-hydroxylation sites is 3. The number of rotatable bonds is 6. The average Bonchev–Trinajstić information content (AvgIpc) is 2.68. The maximum absolute atomic E-state index is 12.7. The van der Waals surface area contributed by atoms with Crippen molar-refractivity contribution in [3.05, 3.63) is 84.4 Å². The molecule has 3 aromatic rings. The highest BCUT2D eigenvalue weighted by Gasteiger charge is 2.18. The van der Waals surface area contributed by atoms with Crippen LogP contribution in [0.3, 0.4) is 0 Å². The standard InChI is InChI=1S/C20H19N3O3S/c1-23(16-7-3-2-4-8-16)19-10-6-5-9-18(19)22-27(25,26)17-13-11-15(12-14-17)20(21)24/h2-14,22H,1H3,(H2,21,24). The Balaban J connectivity index is 1.92. The topological polar surface area (TPSA) is 92.5 Å². The lowest BCUT2D eigenvalue weighted by atomic mass is 10.2. The minimum absolute atomic E-state index is 0.0460. The third-order valence-electron chi connectivity index (χ3n) is 4.10. The molecule has 0 unspecified atom stereocenters. The van der Waals surface area contributed by atoms with E-state index in [0.717, 1.165) is 5.69 Å². The van der Waals surface area contributed by atoms with Crippen LogP contribution in [-0.2, 0) is 10.0 Å². The van der Waals surface area contributed by atoms with Gasteiger partial charge in [-0.3, -0.25) is 9.52 Å². The quantitative estimate of drug-likeness (QED) is 0.685. The number of nitrogens with zero attached hydrogens (tertiary/aromatic N) is 1. The minimum atomic E-state index is -3.82. The molecule has 0 bridgehead atoms. The fraction of sp³-hybridized carbons (Fsp3) is 0.0500. The minimum Gasteiger partial charge on any atom is -0.366 e. The second kappa shape index (κ2) is 7.51. The number of nitrogens with one attached hydrogen (secondary N) is 1. The van der Waals surface area contributed by atoms with Crippen LogP contribution in [0.15, 0.2) is 83.8 Å². The summed E-state index contributed by atoms with van der Waals surface area (Å²) in [5.41, 5.74) is 7.53. The molecule has 0 saturated heterocycles. The molecule has 0 heterocycles. The molecule has 3 rings (SSSR count). The normalized spacial score (nSPS) is 11.0. The molecule has 0 saturated carbocycles. The molecule has 0 fully saturated rings. The summed E-state index contributed by atoms with van der Waals surface area (Å²) in [6.45, 7) is 0. The monoisotopic (exact) mass is 381 g/mol. The lowest BCUT2D eigenvalue weighted by molar-refractivity contribution is 0.1000. The first kappa shape index (κ1) is 18.5. The number of hydrogen-bond acceptors (Lipinski definition) is 4. The van der Waals surface area contributed by atoms with Gasteiger partial charge in [-0.15, -0.1) is 0 Å². The van der Waals surface area contributed by atoms with Gasteiger partial charge in [-0.05, 0) is 48.5 Å². The molecular formula is C20H19N3O3S. The number of sulfonamides is 1. The van der Waals surface area contributed by atoms with Crippen molar-refractivity contribution in [3.63, 3.8) is 0 Å². The van der Waals surface area contributed by atoms with Gasteiger partial charge in [0.2, 0.25) is 5.91 Å². The lowest BCUT2D eigenvalue weighted by Gasteiger charge is -2.23. The largest absolute Gasteiger partial charge is 0.366 e. The van der Waals surface area contributed by atoms with Gasteiger partial charge in [0.15, 0.2) is 0 Å². The lowest BCUT2D eigenvalue weighted by Crippen LogP contribution is -2.17. The highest BCUT2D eigenvalue weighted by Crippen LogP contribution is 2.31. The summed E-state index contributed by atoms with van der Waals surface area (Å²) >= 11 is 0. The number of carbonyl (C=O) groups excluding carboxylic acids is 1. The van der Waals surface area contributed by atoms with Crippen molar-refractivity contribution in [3.8, 4) is 0 Å². The van der Waals surface area contributed by atoms with Crippen LogP contribution in [0.5, 0.6) is 0 Å². The summed E-state index contributed by atoms with van der Waals surface area (Å²) in [6, 6.07) is 22.2. The van der Waals surface area contributed by atoms with Crippen molar-refractivity contribution in [1.82, 2.24) is 0 Å². The molecule has 6 nitrogen and oxygen atoms in total. The molecule has 0 spiro atoms. The fourth-order valence-corrected chi connectivity index (χ4v) is 3.72. The second-order valence-electron chi connectivity index (χ2n) is 5.91. The summed E-state index contributed by atoms with van der Waals surface area (Å²) in [5, 5.41) is 0. The van der Waals surface area contributed by atoms with Crippen LogP contribution in [0.2, 0.25) is 0 Å². The molecule has 0 aliphatic carbocycles. The van der Waals surface area contributed by atoms with Gasteiger partial charge in [0.1, 0.15) is 0 Å². The van der Waals surface area contributed by atoms with Crippen LogP contribution in [0.25, 0.3) is 0 Å². The Labute approximate surface area is 158 Å². The predicted molar refractivity (Wildman–Crippen MR) is 107 cm³/mol. The Morgan fingerprint density at radius 3 is 2.11 bits per heavy atom. The Kier molecular flexibility index (Phi) is 5.14. The molecular weight excluding hydrogens is 362 g/mol. The van der Waals surface area contributed by atoms with Crippen LogP contribution >= 0.6 is 0 Å². The van der Waals surface area contributed by atoms with Crippen LogP contribution in [0.1, 0.15) is 10.4 Å². The molecule has 0 aromatic heterocycles. The van der Waals surface area contributed by atoms with E-state index in [1.54, 1.807) is 12.1 Å². The van der Waals surface area contributed by atoms with Crippen LogP contribution < -0.4 is 15.4 Å². The molecule has 7 heteroatoms. The summed E-state index contributed by atoms with van der Waals surface area (Å²) < 4.78 is 28.1. The summed E-state index contributed by atoms with van der Waals surface area (Å²) in [6.07, 6.45) is 0. The van der Waals surface area contributed by atoms with Crippen molar-refractivity contribution < 1.29 is 13.2 Å². The van der Waals surface area contributed by atoms with Gasteiger partial charge in [-0.1, -0.05) is 30.3 Å². The van der Waals surface area contributed by atoms with Crippen molar-refractivity contribution in [1.29, 1.82) is 0 Å². The van der Waals surface area contributed by atoms with Gasteiger partial charge in [-0.25, -0.2) is 8.42 Å². The van der Waals surface area contributed by atoms with Crippen molar-refractivity contribution in [2.45, 2.75) is 4.90 Å². The third kappa shape index (κ3) is 4.09. The molecule has 3 N–H and O–H groups in total. The molecule has 0 radical (unpaired) electrons. The van der Waals surface area contributed by atoms with Gasteiger partial charge in [-0.2, -0.15) is 0 Å². The maximum Gasteiger partial charge on any atom is 0.261 e. The predicted octanol–water partition coefficient (Wildman–Crippen LogP) is 3.35. The van der Waals surface area contributed by atoms with Crippen molar-refractivity contribution in [2.24, 2.45) is 5.73 Å².